The molecule has 1 N–H and O–H groups in total. The van der Waals surface area contributed by atoms with Crippen molar-refractivity contribution in [1.82, 2.24) is 19.4 Å². The van der Waals surface area contributed by atoms with Crippen LogP contribution in [-0.2, 0) is 0 Å². The minimum absolute atomic E-state index is 0.548. The van der Waals surface area contributed by atoms with Crippen molar-refractivity contribution in [1.29, 1.82) is 0 Å². The number of anilines is 1. The largest absolute Gasteiger partial charge is 0.481 e. The first-order valence-electron chi connectivity index (χ1n) is 6.94. The molecule has 0 spiro atoms. The number of aromatic nitrogens is 4. The lowest BCUT2D eigenvalue weighted by molar-refractivity contribution is 0.398. The average molecular weight is 281 g/mol. The number of fused-ring (bicyclic) bond motifs is 1. The van der Waals surface area contributed by atoms with Gasteiger partial charge in [-0.15, -0.1) is 0 Å². The third-order valence-electron chi connectivity index (χ3n) is 3.59. The highest BCUT2D eigenvalue weighted by Gasteiger charge is 2.23. The number of pyridine rings is 1. The van der Waals surface area contributed by atoms with Crippen LogP contribution in [0.2, 0.25) is 0 Å². The van der Waals surface area contributed by atoms with Gasteiger partial charge in [0.1, 0.15) is 0 Å². The fraction of sp³-hybridized carbons (Fsp3) is 0.267. The summed E-state index contributed by atoms with van der Waals surface area (Å²) in [5, 5.41) is 3.41. The molecule has 6 heteroatoms. The smallest absolute Gasteiger partial charge is 0.212 e. The highest BCUT2D eigenvalue weighted by molar-refractivity contribution is 5.70. The second-order valence-electron chi connectivity index (χ2n) is 5.12. The summed E-state index contributed by atoms with van der Waals surface area (Å²) in [5.74, 6) is 1.44. The summed E-state index contributed by atoms with van der Waals surface area (Å²) >= 11 is 0. The van der Waals surface area contributed by atoms with Gasteiger partial charge in [0.2, 0.25) is 5.88 Å². The maximum atomic E-state index is 5.09. The van der Waals surface area contributed by atoms with Crippen molar-refractivity contribution < 1.29 is 4.74 Å². The van der Waals surface area contributed by atoms with Gasteiger partial charge in [-0.25, -0.2) is 15.0 Å². The van der Waals surface area contributed by atoms with Crippen LogP contribution in [0, 0.1) is 0 Å². The lowest BCUT2D eigenvalue weighted by Crippen LogP contribution is -2.05. The molecule has 106 valence electrons. The van der Waals surface area contributed by atoms with Gasteiger partial charge in [0.15, 0.2) is 11.5 Å². The van der Waals surface area contributed by atoms with E-state index >= 15 is 0 Å². The molecular formula is C15H15N5O. The van der Waals surface area contributed by atoms with E-state index in [1.54, 1.807) is 19.5 Å². The molecule has 21 heavy (non-hydrogen) atoms. The van der Waals surface area contributed by atoms with Crippen molar-refractivity contribution in [3.63, 3.8) is 0 Å². The van der Waals surface area contributed by atoms with Crippen molar-refractivity contribution >= 4 is 11.5 Å². The Labute approximate surface area is 121 Å². The van der Waals surface area contributed by atoms with Gasteiger partial charge in [-0.2, -0.15) is 0 Å². The molecule has 0 radical (unpaired) electrons. The number of imidazole rings is 1. The summed E-state index contributed by atoms with van der Waals surface area (Å²) in [7, 11) is 1.61. The first-order chi connectivity index (χ1) is 10.3. The molecule has 4 rings (SSSR count). The van der Waals surface area contributed by atoms with E-state index < -0.39 is 0 Å². The van der Waals surface area contributed by atoms with Crippen LogP contribution in [0.15, 0.2) is 36.9 Å². The third-order valence-corrected chi connectivity index (χ3v) is 3.59. The van der Waals surface area contributed by atoms with Crippen LogP contribution in [0.3, 0.4) is 0 Å². The molecule has 0 atom stereocenters. The van der Waals surface area contributed by atoms with Gasteiger partial charge >= 0.3 is 0 Å². The Morgan fingerprint density at radius 2 is 2.10 bits per heavy atom. The first kappa shape index (κ1) is 12.1. The molecule has 1 aliphatic rings. The highest BCUT2D eigenvalue weighted by atomic mass is 16.5. The Morgan fingerprint density at radius 3 is 2.81 bits per heavy atom. The molecular weight excluding hydrogens is 266 g/mol. The van der Waals surface area contributed by atoms with E-state index in [-0.39, 0.29) is 0 Å². The van der Waals surface area contributed by atoms with E-state index in [4.69, 9.17) is 4.74 Å². The SMILES string of the molecule is COc1ccc(-c2cnc3c(NC4CC4)nccn23)cn1. The zero-order chi connectivity index (χ0) is 14.2. The summed E-state index contributed by atoms with van der Waals surface area (Å²) < 4.78 is 7.12. The normalized spacial score (nSPS) is 14.3. The predicted molar refractivity (Wildman–Crippen MR) is 79.4 cm³/mol. The van der Waals surface area contributed by atoms with Gasteiger partial charge in [0.25, 0.3) is 0 Å². The van der Waals surface area contributed by atoms with Crippen molar-refractivity contribution in [3.8, 4) is 17.1 Å². The van der Waals surface area contributed by atoms with Crippen molar-refractivity contribution in [2.45, 2.75) is 18.9 Å². The summed E-state index contributed by atoms with van der Waals surface area (Å²) in [5.41, 5.74) is 2.82. The second-order valence-corrected chi connectivity index (χ2v) is 5.12. The summed E-state index contributed by atoms with van der Waals surface area (Å²) in [6, 6.07) is 4.37. The predicted octanol–water partition coefficient (Wildman–Crippen LogP) is 2.37. The number of hydrogen-bond acceptors (Lipinski definition) is 5. The Kier molecular flexibility index (Phi) is 2.73. The van der Waals surface area contributed by atoms with Crippen LogP contribution >= 0.6 is 0 Å². The van der Waals surface area contributed by atoms with Crippen LogP contribution < -0.4 is 10.1 Å². The number of nitrogens with one attached hydrogen (secondary N) is 1. The van der Waals surface area contributed by atoms with E-state index in [1.165, 1.54) is 12.8 Å². The number of hydrogen-bond donors (Lipinski definition) is 1. The quantitative estimate of drug-likeness (QED) is 0.795. The van der Waals surface area contributed by atoms with Crippen LogP contribution in [0.4, 0.5) is 5.82 Å². The molecule has 1 fully saturated rings. The van der Waals surface area contributed by atoms with E-state index in [2.05, 4.69) is 20.3 Å². The lowest BCUT2D eigenvalue weighted by atomic mass is 10.2. The van der Waals surface area contributed by atoms with Crippen molar-refractivity contribution in [2.24, 2.45) is 0 Å². The molecule has 0 aromatic carbocycles. The third kappa shape index (κ3) is 2.18. The standard InChI is InChI=1S/C15H15N5O/c1-21-13-5-2-10(8-17-13)12-9-18-15-14(19-11-3-4-11)16-6-7-20(12)15/h2,5-9,11H,3-4H2,1H3,(H,16,19). The minimum atomic E-state index is 0.548. The lowest BCUT2D eigenvalue weighted by Gasteiger charge is -2.06. The van der Waals surface area contributed by atoms with Gasteiger partial charge < -0.3 is 10.1 Å². The number of rotatable bonds is 4. The molecule has 1 saturated carbocycles. The Balaban J connectivity index is 1.77. The topological polar surface area (TPSA) is 64.3 Å². The molecule has 0 bridgehead atoms. The van der Waals surface area contributed by atoms with E-state index in [0.29, 0.717) is 11.9 Å². The van der Waals surface area contributed by atoms with Gasteiger partial charge in [-0.1, -0.05) is 0 Å². The van der Waals surface area contributed by atoms with Crippen molar-refractivity contribution in [3.05, 3.63) is 36.9 Å². The van der Waals surface area contributed by atoms with Gasteiger partial charge in [-0.3, -0.25) is 4.40 Å². The zero-order valence-corrected chi connectivity index (χ0v) is 11.7. The second kappa shape index (κ2) is 4.73. The van der Waals surface area contributed by atoms with E-state index in [0.717, 1.165) is 22.7 Å². The Morgan fingerprint density at radius 1 is 1.19 bits per heavy atom. The molecule has 0 amide bonds. The molecule has 0 unspecified atom stereocenters. The van der Waals surface area contributed by atoms with Crippen LogP contribution in [0.25, 0.3) is 16.9 Å². The molecule has 1 aliphatic carbocycles. The molecule has 3 heterocycles. The maximum Gasteiger partial charge on any atom is 0.212 e. The first-order valence-corrected chi connectivity index (χ1v) is 6.94. The number of methoxy groups -OCH3 is 1. The van der Waals surface area contributed by atoms with Gasteiger partial charge in [0.05, 0.1) is 19.0 Å². The summed E-state index contributed by atoms with van der Waals surface area (Å²) in [4.78, 5) is 13.1. The number of ether oxygens (including phenoxy) is 1. The fourth-order valence-corrected chi connectivity index (χ4v) is 2.31. The minimum Gasteiger partial charge on any atom is -0.481 e. The molecule has 6 nitrogen and oxygen atoms in total. The Bertz CT molecular complexity index is 776. The fourth-order valence-electron chi connectivity index (χ4n) is 2.31. The van der Waals surface area contributed by atoms with E-state index in [1.807, 2.05) is 28.9 Å². The molecule has 0 aliphatic heterocycles. The van der Waals surface area contributed by atoms with Gasteiger partial charge in [-0.05, 0) is 18.9 Å². The number of nitrogens with zero attached hydrogens (tertiary/aromatic N) is 4. The molecule has 3 aromatic heterocycles. The van der Waals surface area contributed by atoms with E-state index in [9.17, 15) is 0 Å². The monoisotopic (exact) mass is 281 g/mol. The highest BCUT2D eigenvalue weighted by Crippen LogP contribution is 2.28. The van der Waals surface area contributed by atoms with Crippen LogP contribution in [-0.4, -0.2) is 32.5 Å². The average Bonchev–Trinajstić information content (AvgIpc) is 3.24. The van der Waals surface area contributed by atoms with Gasteiger partial charge in [0, 0.05) is 36.3 Å². The van der Waals surface area contributed by atoms with Crippen LogP contribution in [0.5, 0.6) is 5.88 Å². The zero-order valence-electron chi connectivity index (χ0n) is 11.7. The molecule has 3 aromatic rings. The molecule has 0 saturated heterocycles. The summed E-state index contributed by atoms with van der Waals surface area (Å²) in [6.45, 7) is 0. The van der Waals surface area contributed by atoms with Crippen LogP contribution in [0.1, 0.15) is 12.8 Å². The summed E-state index contributed by atoms with van der Waals surface area (Å²) in [6.07, 6.45) is 9.76. The maximum absolute atomic E-state index is 5.09. The Hall–Kier alpha value is -2.63. The van der Waals surface area contributed by atoms with Crippen molar-refractivity contribution in [2.75, 3.05) is 12.4 Å².